The molecule has 0 spiro atoms. The topological polar surface area (TPSA) is 15.3 Å². The summed E-state index contributed by atoms with van der Waals surface area (Å²) in [6.07, 6.45) is 3.91. The van der Waals surface area contributed by atoms with Gasteiger partial charge in [-0.1, -0.05) is 20.3 Å². The molecule has 1 saturated heterocycles. The zero-order valence-corrected chi connectivity index (χ0v) is 12.0. The van der Waals surface area contributed by atoms with Crippen molar-refractivity contribution >= 4 is 11.4 Å². The van der Waals surface area contributed by atoms with Gasteiger partial charge in [0.15, 0.2) is 0 Å². The molecule has 1 N–H and O–H groups in total. The maximum atomic E-state index is 3.56. The number of nitrogens with zero attached hydrogens (tertiary/aromatic N) is 1. The first-order valence-corrected chi connectivity index (χ1v) is 7.30. The van der Waals surface area contributed by atoms with Gasteiger partial charge in [0, 0.05) is 31.0 Å². The summed E-state index contributed by atoms with van der Waals surface area (Å²) >= 11 is 0. The third-order valence-electron chi connectivity index (χ3n) is 4.02. The molecule has 1 unspecified atom stereocenters. The molecule has 2 heteroatoms. The van der Waals surface area contributed by atoms with Crippen molar-refractivity contribution < 1.29 is 0 Å². The number of aryl methyl sites for hydroxylation is 1. The van der Waals surface area contributed by atoms with Crippen molar-refractivity contribution in [3.8, 4) is 0 Å². The molecular formula is C16H26N2. The van der Waals surface area contributed by atoms with E-state index in [1.807, 2.05) is 0 Å². The van der Waals surface area contributed by atoms with Gasteiger partial charge in [-0.05, 0) is 49.4 Å². The summed E-state index contributed by atoms with van der Waals surface area (Å²) in [5.41, 5.74) is 4.04. The van der Waals surface area contributed by atoms with Crippen LogP contribution < -0.4 is 10.2 Å². The van der Waals surface area contributed by atoms with E-state index in [2.05, 4.69) is 49.2 Å². The highest BCUT2D eigenvalue weighted by Gasteiger charge is 2.12. The highest BCUT2D eigenvalue weighted by atomic mass is 15.1. The number of anilines is 2. The Morgan fingerprint density at radius 1 is 1.28 bits per heavy atom. The predicted octanol–water partition coefficient (Wildman–Crippen LogP) is 4.05. The fourth-order valence-corrected chi connectivity index (χ4v) is 2.45. The lowest BCUT2D eigenvalue weighted by Crippen LogP contribution is -2.18. The number of benzene rings is 1. The SMILES string of the molecule is CCC(C)CNc1ccc(N2CCCC2)cc1C. The normalized spacial score (nSPS) is 16.9. The Morgan fingerprint density at radius 2 is 2.00 bits per heavy atom. The largest absolute Gasteiger partial charge is 0.385 e. The first-order valence-electron chi connectivity index (χ1n) is 7.30. The van der Waals surface area contributed by atoms with E-state index < -0.39 is 0 Å². The summed E-state index contributed by atoms with van der Waals surface area (Å²) in [5.74, 6) is 0.739. The van der Waals surface area contributed by atoms with Crippen molar-refractivity contribution in [2.24, 2.45) is 5.92 Å². The Balaban J connectivity index is 2.00. The van der Waals surface area contributed by atoms with Gasteiger partial charge >= 0.3 is 0 Å². The monoisotopic (exact) mass is 246 g/mol. The Morgan fingerprint density at radius 3 is 2.61 bits per heavy atom. The van der Waals surface area contributed by atoms with Crippen molar-refractivity contribution in [3.05, 3.63) is 23.8 Å². The second kappa shape index (κ2) is 6.12. The molecule has 0 radical (unpaired) electrons. The lowest BCUT2D eigenvalue weighted by Gasteiger charge is -2.20. The van der Waals surface area contributed by atoms with E-state index >= 15 is 0 Å². The molecule has 0 aromatic heterocycles. The number of rotatable bonds is 5. The number of hydrogen-bond acceptors (Lipinski definition) is 2. The minimum Gasteiger partial charge on any atom is -0.385 e. The van der Waals surface area contributed by atoms with Crippen LogP contribution in [0.5, 0.6) is 0 Å². The molecule has 1 heterocycles. The van der Waals surface area contributed by atoms with E-state index in [0.717, 1.165) is 12.5 Å². The van der Waals surface area contributed by atoms with Crippen molar-refractivity contribution in [3.63, 3.8) is 0 Å². The minimum absolute atomic E-state index is 0.739. The molecule has 18 heavy (non-hydrogen) atoms. The first kappa shape index (κ1) is 13.3. The van der Waals surface area contributed by atoms with Gasteiger partial charge < -0.3 is 10.2 Å². The average Bonchev–Trinajstić information content (AvgIpc) is 2.90. The average molecular weight is 246 g/mol. The zero-order valence-electron chi connectivity index (χ0n) is 12.0. The van der Waals surface area contributed by atoms with E-state index in [4.69, 9.17) is 0 Å². The van der Waals surface area contributed by atoms with Crippen molar-refractivity contribution in [2.75, 3.05) is 29.9 Å². The third kappa shape index (κ3) is 3.18. The molecule has 1 atom stereocenters. The molecule has 0 amide bonds. The van der Waals surface area contributed by atoms with Gasteiger partial charge in [-0.3, -0.25) is 0 Å². The molecule has 1 aliphatic heterocycles. The smallest absolute Gasteiger partial charge is 0.0371 e. The maximum absolute atomic E-state index is 3.56. The Kier molecular flexibility index (Phi) is 4.51. The molecule has 100 valence electrons. The second-order valence-electron chi connectivity index (χ2n) is 5.59. The van der Waals surface area contributed by atoms with Crippen LogP contribution >= 0.6 is 0 Å². The summed E-state index contributed by atoms with van der Waals surface area (Å²) < 4.78 is 0. The summed E-state index contributed by atoms with van der Waals surface area (Å²) in [6.45, 7) is 10.3. The van der Waals surface area contributed by atoms with E-state index in [9.17, 15) is 0 Å². The number of hydrogen-bond donors (Lipinski definition) is 1. The van der Waals surface area contributed by atoms with Crippen LogP contribution in [-0.2, 0) is 0 Å². The van der Waals surface area contributed by atoms with E-state index in [0.29, 0.717) is 0 Å². The summed E-state index contributed by atoms with van der Waals surface area (Å²) in [4.78, 5) is 2.49. The van der Waals surface area contributed by atoms with Gasteiger partial charge in [0.1, 0.15) is 0 Å². The van der Waals surface area contributed by atoms with Gasteiger partial charge in [-0.25, -0.2) is 0 Å². The minimum atomic E-state index is 0.739. The second-order valence-corrected chi connectivity index (χ2v) is 5.59. The van der Waals surface area contributed by atoms with Crippen LogP contribution in [0, 0.1) is 12.8 Å². The van der Waals surface area contributed by atoms with Gasteiger partial charge in [-0.15, -0.1) is 0 Å². The van der Waals surface area contributed by atoms with Crippen LogP contribution in [0.1, 0.15) is 38.7 Å². The van der Waals surface area contributed by atoms with Gasteiger partial charge in [0.25, 0.3) is 0 Å². The molecule has 1 aromatic carbocycles. The number of nitrogens with one attached hydrogen (secondary N) is 1. The highest BCUT2D eigenvalue weighted by Crippen LogP contribution is 2.25. The van der Waals surface area contributed by atoms with Gasteiger partial charge in [-0.2, -0.15) is 0 Å². The third-order valence-corrected chi connectivity index (χ3v) is 4.02. The van der Waals surface area contributed by atoms with Crippen LogP contribution in [0.2, 0.25) is 0 Å². The zero-order chi connectivity index (χ0) is 13.0. The van der Waals surface area contributed by atoms with E-state index in [1.165, 1.54) is 49.3 Å². The fourth-order valence-electron chi connectivity index (χ4n) is 2.45. The van der Waals surface area contributed by atoms with Crippen LogP contribution in [0.25, 0.3) is 0 Å². The van der Waals surface area contributed by atoms with Crippen molar-refractivity contribution in [2.45, 2.75) is 40.0 Å². The van der Waals surface area contributed by atoms with Crippen LogP contribution in [0.3, 0.4) is 0 Å². The first-order chi connectivity index (χ1) is 8.70. The predicted molar refractivity (Wildman–Crippen MR) is 80.6 cm³/mol. The van der Waals surface area contributed by atoms with Gasteiger partial charge in [0.05, 0.1) is 0 Å². The molecule has 2 rings (SSSR count). The Labute approximate surface area is 111 Å². The molecule has 2 nitrogen and oxygen atoms in total. The van der Waals surface area contributed by atoms with E-state index in [-0.39, 0.29) is 0 Å². The van der Waals surface area contributed by atoms with Crippen molar-refractivity contribution in [1.29, 1.82) is 0 Å². The summed E-state index contributed by atoms with van der Waals surface area (Å²) in [5, 5.41) is 3.56. The maximum Gasteiger partial charge on any atom is 0.0371 e. The summed E-state index contributed by atoms with van der Waals surface area (Å²) in [6, 6.07) is 6.83. The molecule has 1 fully saturated rings. The quantitative estimate of drug-likeness (QED) is 0.843. The molecule has 1 aromatic rings. The Hall–Kier alpha value is -1.18. The lowest BCUT2D eigenvalue weighted by atomic mass is 10.1. The fraction of sp³-hybridized carbons (Fsp3) is 0.625. The highest BCUT2D eigenvalue weighted by molar-refractivity contribution is 5.60. The van der Waals surface area contributed by atoms with Gasteiger partial charge in [0.2, 0.25) is 0 Å². The lowest BCUT2D eigenvalue weighted by molar-refractivity contribution is 0.593. The van der Waals surface area contributed by atoms with Crippen molar-refractivity contribution in [1.82, 2.24) is 0 Å². The van der Waals surface area contributed by atoms with E-state index in [1.54, 1.807) is 0 Å². The summed E-state index contributed by atoms with van der Waals surface area (Å²) in [7, 11) is 0. The standard InChI is InChI=1S/C16H26N2/c1-4-13(2)12-17-16-8-7-15(11-14(16)3)18-9-5-6-10-18/h7-8,11,13,17H,4-6,9-10,12H2,1-3H3. The molecular weight excluding hydrogens is 220 g/mol. The molecule has 1 aliphatic rings. The Bertz CT molecular complexity index is 381. The van der Waals surface area contributed by atoms with Crippen LogP contribution in [-0.4, -0.2) is 19.6 Å². The molecule has 0 aliphatic carbocycles. The van der Waals surface area contributed by atoms with Crippen LogP contribution in [0.15, 0.2) is 18.2 Å². The van der Waals surface area contributed by atoms with Crippen LogP contribution in [0.4, 0.5) is 11.4 Å². The molecule has 0 bridgehead atoms. The molecule has 0 saturated carbocycles.